The number of aryl methyl sites for hydroxylation is 2. The van der Waals surface area contributed by atoms with E-state index in [1.807, 2.05) is 109 Å². The predicted octanol–water partition coefficient (Wildman–Crippen LogP) is 6.92. The molecule has 1 aliphatic heterocycles. The molecule has 51 heavy (non-hydrogen) atoms. The second-order valence-electron chi connectivity index (χ2n) is 12.3. The van der Waals surface area contributed by atoms with Crippen molar-refractivity contribution in [3.8, 4) is 0 Å². The fourth-order valence-electron chi connectivity index (χ4n) is 6.00. The number of aromatic nitrogens is 1. The third kappa shape index (κ3) is 9.62. The number of carbonyl (C=O) groups excluding carboxylic acids is 3. The number of benzene rings is 3. The van der Waals surface area contributed by atoms with E-state index in [9.17, 15) is 14.4 Å². The number of carbonyl (C=O) groups is 3. The van der Waals surface area contributed by atoms with Crippen molar-refractivity contribution >= 4 is 35.3 Å². The van der Waals surface area contributed by atoms with E-state index in [4.69, 9.17) is 13.9 Å². The largest absolute Gasteiger partial charge is 0.460 e. The molecule has 0 saturated heterocycles. The van der Waals surface area contributed by atoms with E-state index in [0.717, 1.165) is 21.6 Å². The average molecular weight is 702 g/mol. The van der Waals surface area contributed by atoms with Crippen molar-refractivity contribution < 1.29 is 28.3 Å². The molecule has 0 spiro atoms. The standard InChI is InChI=1S/C41H39N3O6S/c45-38(41(22-11-24-43-41)23-21-36-37(42-29-50-36)40(47)49-28-32-16-8-3-9-17-32)35(26-33-18-10-25-51-33)44-34(20-19-30-12-4-1-5-13-30)39(46)48-27-31-14-6-2-7-15-31/h1-18,22,24-25,29,34-35,44H,19-21,23,26-28H2/t34-,35?,41?/m0/s1. The molecule has 0 saturated carbocycles. The molecule has 1 aliphatic rings. The summed E-state index contributed by atoms with van der Waals surface area (Å²) in [5.41, 5.74) is 1.60. The molecule has 9 nitrogen and oxygen atoms in total. The van der Waals surface area contributed by atoms with Gasteiger partial charge in [0.1, 0.15) is 30.6 Å². The van der Waals surface area contributed by atoms with Crippen LogP contribution in [0.2, 0.25) is 0 Å². The van der Waals surface area contributed by atoms with Gasteiger partial charge in [-0.15, -0.1) is 11.3 Å². The molecule has 5 aromatic rings. The van der Waals surface area contributed by atoms with Crippen molar-refractivity contribution in [2.45, 2.75) is 62.9 Å². The normalized spacial score (nSPS) is 16.1. The van der Waals surface area contributed by atoms with Crippen LogP contribution in [-0.2, 0) is 51.5 Å². The van der Waals surface area contributed by atoms with Crippen molar-refractivity contribution in [1.82, 2.24) is 10.3 Å². The van der Waals surface area contributed by atoms with Crippen molar-refractivity contribution in [3.63, 3.8) is 0 Å². The average Bonchev–Trinajstić information content (AvgIpc) is 3.98. The number of ether oxygens (including phenoxy) is 2. The fraction of sp³-hybridized carbons (Fsp3) is 0.244. The van der Waals surface area contributed by atoms with Crippen LogP contribution in [0.1, 0.15) is 50.7 Å². The van der Waals surface area contributed by atoms with Gasteiger partial charge >= 0.3 is 11.9 Å². The van der Waals surface area contributed by atoms with Crippen molar-refractivity contribution in [2.75, 3.05) is 0 Å². The number of nitrogens with one attached hydrogen (secondary N) is 1. The number of ketones is 1. The van der Waals surface area contributed by atoms with E-state index in [0.29, 0.717) is 25.0 Å². The topological polar surface area (TPSA) is 120 Å². The Morgan fingerprint density at radius 3 is 2.08 bits per heavy atom. The molecule has 0 amide bonds. The molecule has 3 heterocycles. The third-order valence-electron chi connectivity index (χ3n) is 8.75. The molecule has 0 radical (unpaired) electrons. The Labute approximate surface area is 301 Å². The smallest absolute Gasteiger partial charge is 0.360 e. The van der Waals surface area contributed by atoms with Gasteiger partial charge in [0.15, 0.2) is 17.9 Å². The molecule has 3 aromatic carbocycles. The van der Waals surface area contributed by atoms with Gasteiger partial charge in [-0.3, -0.25) is 19.9 Å². The quantitative estimate of drug-likeness (QED) is 0.0979. The Kier molecular flexibility index (Phi) is 12.1. The van der Waals surface area contributed by atoms with Gasteiger partial charge < -0.3 is 13.9 Å². The summed E-state index contributed by atoms with van der Waals surface area (Å²) in [5.74, 6) is -0.933. The summed E-state index contributed by atoms with van der Waals surface area (Å²) >= 11 is 1.54. The Balaban J connectivity index is 1.20. The predicted molar refractivity (Wildman–Crippen MR) is 195 cm³/mol. The minimum Gasteiger partial charge on any atom is -0.460 e. The molecule has 260 valence electrons. The Hall–Kier alpha value is -5.45. The number of hydrogen-bond donors (Lipinski definition) is 1. The highest BCUT2D eigenvalue weighted by molar-refractivity contribution is 7.09. The fourth-order valence-corrected chi connectivity index (χ4v) is 6.76. The first-order valence-electron chi connectivity index (χ1n) is 16.9. The highest BCUT2D eigenvalue weighted by atomic mass is 32.1. The summed E-state index contributed by atoms with van der Waals surface area (Å²) in [7, 11) is 0. The number of nitrogens with zero attached hydrogens (tertiary/aromatic N) is 2. The van der Waals surface area contributed by atoms with Crippen LogP contribution in [0.15, 0.2) is 136 Å². The molecule has 2 aromatic heterocycles. The van der Waals surface area contributed by atoms with Crippen LogP contribution >= 0.6 is 11.3 Å². The second-order valence-corrected chi connectivity index (χ2v) is 13.3. The number of Topliss-reactive ketones (excluding diaryl/α,β-unsaturated/α-hetero) is 1. The summed E-state index contributed by atoms with van der Waals surface area (Å²) in [6.45, 7) is 0.216. The molecule has 0 fully saturated rings. The molecule has 1 N–H and O–H groups in total. The molecule has 2 unspecified atom stereocenters. The zero-order valence-electron chi connectivity index (χ0n) is 28.1. The third-order valence-corrected chi connectivity index (χ3v) is 9.65. The number of oxazole rings is 1. The summed E-state index contributed by atoms with van der Waals surface area (Å²) in [6, 6.07) is 31.2. The van der Waals surface area contributed by atoms with E-state index < -0.39 is 29.6 Å². The number of thiophene rings is 1. The van der Waals surface area contributed by atoms with Crippen LogP contribution in [0, 0.1) is 0 Å². The maximum Gasteiger partial charge on any atom is 0.360 e. The van der Waals surface area contributed by atoms with Gasteiger partial charge in [-0.2, -0.15) is 0 Å². The highest BCUT2D eigenvalue weighted by Gasteiger charge is 2.42. The van der Waals surface area contributed by atoms with Crippen LogP contribution < -0.4 is 5.32 Å². The second kappa shape index (κ2) is 17.5. The van der Waals surface area contributed by atoms with E-state index >= 15 is 0 Å². The first kappa shape index (κ1) is 35.4. The molecule has 0 bridgehead atoms. The number of allylic oxidation sites excluding steroid dienone is 1. The summed E-state index contributed by atoms with van der Waals surface area (Å²) in [6.07, 6.45) is 8.13. The van der Waals surface area contributed by atoms with Gasteiger partial charge in [-0.1, -0.05) is 97.1 Å². The Morgan fingerprint density at radius 2 is 1.45 bits per heavy atom. The maximum atomic E-state index is 14.7. The molecule has 6 rings (SSSR count). The van der Waals surface area contributed by atoms with Gasteiger partial charge in [0.05, 0.1) is 6.04 Å². The van der Waals surface area contributed by atoms with Gasteiger partial charge in [0.2, 0.25) is 0 Å². The number of rotatable bonds is 18. The summed E-state index contributed by atoms with van der Waals surface area (Å²) in [5, 5.41) is 5.38. The lowest BCUT2D eigenvalue weighted by molar-refractivity contribution is -0.148. The molecule has 0 aliphatic carbocycles. The van der Waals surface area contributed by atoms with Crippen LogP contribution in [0.5, 0.6) is 0 Å². The highest BCUT2D eigenvalue weighted by Crippen LogP contribution is 2.29. The lowest BCUT2D eigenvalue weighted by Crippen LogP contribution is -2.54. The molecule has 10 heteroatoms. The first-order chi connectivity index (χ1) is 25.0. The minimum atomic E-state index is -1.26. The number of esters is 2. The van der Waals surface area contributed by atoms with Crippen molar-refractivity contribution in [1.29, 1.82) is 0 Å². The first-order valence-corrected chi connectivity index (χ1v) is 17.8. The number of aliphatic imine (C=N–C) groups is 1. The van der Waals surface area contributed by atoms with Gasteiger partial charge in [0.25, 0.3) is 0 Å². The molecular weight excluding hydrogens is 663 g/mol. The van der Waals surface area contributed by atoms with Crippen molar-refractivity contribution in [2.24, 2.45) is 4.99 Å². The van der Waals surface area contributed by atoms with Crippen molar-refractivity contribution in [3.05, 3.63) is 160 Å². The Morgan fingerprint density at radius 1 is 0.784 bits per heavy atom. The van der Waals surface area contributed by atoms with Crippen LogP contribution in [0.25, 0.3) is 0 Å². The van der Waals surface area contributed by atoms with E-state index in [1.165, 1.54) is 6.39 Å². The zero-order valence-corrected chi connectivity index (χ0v) is 28.9. The van der Waals surface area contributed by atoms with Gasteiger partial charge in [0, 0.05) is 23.9 Å². The molecule has 3 atom stereocenters. The summed E-state index contributed by atoms with van der Waals surface area (Å²) in [4.78, 5) is 51.2. The summed E-state index contributed by atoms with van der Waals surface area (Å²) < 4.78 is 16.9. The van der Waals surface area contributed by atoms with Gasteiger partial charge in [-0.25, -0.2) is 9.78 Å². The lowest BCUT2D eigenvalue weighted by Gasteiger charge is -2.30. The van der Waals surface area contributed by atoms with Crippen LogP contribution in [-0.4, -0.2) is 46.5 Å². The SMILES string of the molecule is O=C(OCc1ccccc1)c1ncoc1CCC1(C(=O)C(Cc2cccs2)N[C@@H](CCc2ccccc2)C(=O)OCc2ccccc2)C=CC=N1. The monoisotopic (exact) mass is 701 g/mol. The molecular formula is C41H39N3O6S. The van der Waals surface area contributed by atoms with E-state index in [-0.39, 0.29) is 37.5 Å². The number of hydrogen-bond acceptors (Lipinski definition) is 10. The van der Waals surface area contributed by atoms with Gasteiger partial charge in [-0.05, 0) is 59.6 Å². The Bertz CT molecular complexity index is 1910. The maximum absolute atomic E-state index is 14.7. The lowest BCUT2D eigenvalue weighted by atomic mass is 9.83. The van der Waals surface area contributed by atoms with E-state index in [2.05, 4.69) is 15.3 Å². The van der Waals surface area contributed by atoms with E-state index in [1.54, 1.807) is 29.7 Å². The van der Waals surface area contributed by atoms with Crippen LogP contribution in [0.3, 0.4) is 0 Å². The minimum absolute atomic E-state index is 0.0647. The zero-order chi connectivity index (χ0) is 35.3. The van der Waals surface area contributed by atoms with Crippen LogP contribution in [0.4, 0.5) is 0 Å².